The first kappa shape index (κ1) is 12.3. The van der Waals surface area contributed by atoms with E-state index in [9.17, 15) is 9.59 Å². The van der Waals surface area contributed by atoms with Crippen LogP contribution in [0, 0.1) is 0 Å². The van der Waals surface area contributed by atoms with Gasteiger partial charge in [-0.1, -0.05) is 11.8 Å². The lowest BCUT2D eigenvalue weighted by Crippen LogP contribution is -2.51. The molecule has 1 rings (SSSR count). The Hall–Kier alpha value is -0.750. The van der Waals surface area contributed by atoms with Gasteiger partial charge in [0.1, 0.15) is 6.04 Å². The van der Waals surface area contributed by atoms with Crippen molar-refractivity contribution in [2.45, 2.75) is 31.8 Å². The first-order chi connectivity index (χ1) is 6.94. The van der Waals surface area contributed by atoms with Crippen molar-refractivity contribution in [3.05, 3.63) is 0 Å². The molecule has 15 heavy (non-hydrogen) atoms. The maximum absolute atomic E-state index is 11.7. The topological polar surface area (TPSA) is 78.4 Å². The molecular formula is C9H16N2O3S. The van der Waals surface area contributed by atoms with E-state index >= 15 is 0 Å². The molecule has 0 aromatic heterocycles. The molecule has 6 heteroatoms. The van der Waals surface area contributed by atoms with Crippen molar-refractivity contribution < 1.29 is 14.7 Å². The van der Waals surface area contributed by atoms with Crippen LogP contribution in [-0.4, -0.2) is 40.2 Å². The molecule has 3 N–H and O–H groups in total. The van der Waals surface area contributed by atoms with E-state index in [2.05, 4.69) is 10.6 Å². The lowest BCUT2D eigenvalue weighted by atomic mass is 10.0. The van der Waals surface area contributed by atoms with Gasteiger partial charge in [0.15, 0.2) is 0 Å². The number of aliphatic hydroxyl groups is 1. The maximum atomic E-state index is 11.7. The average molecular weight is 232 g/mol. The minimum Gasteiger partial charge on any atom is -0.396 e. The molecule has 1 atom stereocenters. The second kappa shape index (κ2) is 4.85. The van der Waals surface area contributed by atoms with E-state index in [1.54, 1.807) is 0 Å². The zero-order valence-electron chi connectivity index (χ0n) is 8.87. The molecule has 0 aromatic carbocycles. The Morgan fingerprint density at radius 2 is 2.40 bits per heavy atom. The summed E-state index contributed by atoms with van der Waals surface area (Å²) in [6, 6.07) is -0.444. The summed E-state index contributed by atoms with van der Waals surface area (Å²) >= 11 is 1.11. The van der Waals surface area contributed by atoms with Crippen molar-refractivity contribution in [1.82, 2.24) is 10.6 Å². The highest BCUT2D eigenvalue weighted by Crippen LogP contribution is 2.14. The van der Waals surface area contributed by atoms with E-state index < -0.39 is 11.6 Å². The van der Waals surface area contributed by atoms with Crippen LogP contribution < -0.4 is 10.6 Å². The van der Waals surface area contributed by atoms with Crippen molar-refractivity contribution in [3.63, 3.8) is 0 Å². The fraction of sp³-hybridized carbons (Fsp3) is 0.778. The Kier molecular flexibility index (Phi) is 3.98. The van der Waals surface area contributed by atoms with Gasteiger partial charge in [-0.15, -0.1) is 0 Å². The molecule has 86 valence electrons. The van der Waals surface area contributed by atoms with Gasteiger partial charge < -0.3 is 15.7 Å². The number of aliphatic hydroxyl groups excluding tert-OH is 1. The number of hydrogen-bond acceptors (Lipinski definition) is 4. The Bertz CT molecular complexity index is 268. The molecule has 0 aromatic rings. The van der Waals surface area contributed by atoms with E-state index in [0.717, 1.165) is 11.8 Å². The van der Waals surface area contributed by atoms with Crippen LogP contribution >= 0.6 is 11.8 Å². The summed E-state index contributed by atoms with van der Waals surface area (Å²) < 4.78 is 0. The van der Waals surface area contributed by atoms with E-state index in [1.807, 2.05) is 13.8 Å². The summed E-state index contributed by atoms with van der Waals surface area (Å²) in [5.74, 6) is 0.284. The number of thioether (sulfide) groups is 1. The van der Waals surface area contributed by atoms with Crippen LogP contribution in [0.25, 0.3) is 0 Å². The first-order valence-corrected chi connectivity index (χ1v) is 5.79. The summed E-state index contributed by atoms with van der Waals surface area (Å²) in [5.41, 5.74) is -0.441. The zero-order valence-corrected chi connectivity index (χ0v) is 9.69. The fourth-order valence-electron chi connectivity index (χ4n) is 1.29. The first-order valence-electron chi connectivity index (χ1n) is 4.81. The minimum absolute atomic E-state index is 0.0268. The highest BCUT2D eigenvalue weighted by atomic mass is 32.2. The second-order valence-electron chi connectivity index (χ2n) is 4.14. The van der Waals surface area contributed by atoms with Crippen LogP contribution in [0.2, 0.25) is 0 Å². The van der Waals surface area contributed by atoms with Crippen molar-refractivity contribution in [2.24, 2.45) is 0 Å². The summed E-state index contributed by atoms with van der Waals surface area (Å²) in [6.07, 6.45) is 0.493. The zero-order chi connectivity index (χ0) is 11.5. The largest absolute Gasteiger partial charge is 0.396 e. The normalized spacial score (nSPS) is 21.3. The molecule has 0 radical (unpaired) electrons. The highest BCUT2D eigenvalue weighted by Gasteiger charge is 2.31. The Morgan fingerprint density at radius 1 is 1.73 bits per heavy atom. The summed E-state index contributed by atoms with van der Waals surface area (Å²) in [7, 11) is 0. The van der Waals surface area contributed by atoms with Gasteiger partial charge >= 0.3 is 0 Å². The van der Waals surface area contributed by atoms with Gasteiger partial charge in [0.25, 0.3) is 5.24 Å². The number of carbonyl (C=O) groups excluding carboxylic acids is 2. The highest BCUT2D eigenvalue weighted by molar-refractivity contribution is 8.14. The molecule has 1 saturated heterocycles. The number of rotatable bonds is 4. The molecule has 0 aliphatic carbocycles. The monoisotopic (exact) mass is 232 g/mol. The third-order valence-corrected chi connectivity index (χ3v) is 3.07. The fourth-order valence-corrected chi connectivity index (χ4v) is 2.07. The summed E-state index contributed by atoms with van der Waals surface area (Å²) in [4.78, 5) is 22.5. The van der Waals surface area contributed by atoms with Crippen LogP contribution in [0.1, 0.15) is 20.3 Å². The van der Waals surface area contributed by atoms with Gasteiger partial charge in [0.2, 0.25) is 5.91 Å². The van der Waals surface area contributed by atoms with Crippen LogP contribution in [0.3, 0.4) is 0 Å². The van der Waals surface area contributed by atoms with E-state index in [1.165, 1.54) is 0 Å². The van der Waals surface area contributed by atoms with Gasteiger partial charge in [-0.3, -0.25) is 9.59 Å². The van der Waals surface area contributed by atoms with Crippen molar-refractivity contribution >= 4 is 22.9 Å². The Morgan fingerprint density at radius 3 is 2.87 bits per heavy atom. The predicted octanol–water partition coefficient (Wildman–Crippen LogP) is 0.0886. The van der Waals surface area contributed by atoms with E-state index in [4.69, 9.17) is 5.11 Å². The Labute approximate surface area is 93.0 Å². The van der Waals surface area contributed by atoms with Gasteiger partial charge in [-0.25, -0.2) is 0 Å². The van der Waals surface area contributed by atoms with Gasteiger partial charge in [0, 0.05) is 17.9 Å². The number of hydrogen-bond donors (Lipinski definition) is 3. The van der Waals surface area contributed by atoms with Crippen molar-refractivity contribution in [1.29, 1.82) is 0 Å². The molecule has 1 unspecified atom stereocenters. The predicted molar refractivity (Wildman–Crippen MR) is 58.7 cm³/mol. The Balaban J connectivity index is 2.44. The van der Waals surface area contributed by atoms with Crippen molar-refractivity contribution in [3.8, 4) is 0 Å². The van der Waals surface area contributed by atoms with Gasteiger partial charge in [0.05, 0.1) is 0 Å². The standard InChI is InChI=1S/C9H16N2O3S/c1-9(2,3-4-12)11-7(13)6-5-15-8(14)10-6/h6,12H,3-5H2,1-2H3,(H,10,14)(H,11,13). The van der Waals surface area contributed by atoms with Gasteiger partial charge in [-0.05, 0) is 20.3 Å². The van der Waals surface area contributed by atoms with E-state index in [-0.39, 0.29) is 17.8 Å². The summed E-state index contributed by atoms with van der Waals surface area (Å²) in [6.45, 7) is 3.70. The lowest BCUT2D eigenvalue weighted by Gasteiger charge is -2.26. The second-order valence-corrected chi connectivity index (χ2v) is 5.13. The maximum Gasteiger partial charge on any atom is 0.279 e. The smallest absolute Gasteiger partial charge is 0.279 e. The van der Waals surface area contributed by atoms with Crippen molar-refractivity contribution in [2.75, 3.05) is 12.4 Å². The third kappa shape index (κ3) is 3.71. The molecule has 0 bridgehead atoms. The molecular weight excluding hydrogens is 216 g/mol. The molecule has 1 heterocycles. The summed E-state index contributed by atoms with van der Waals surface area (Å²) in [5, 5.41) is 14.0. The SMILES string of the molecule is CC(C)(CCO)NC(=O)C1CSC(=O)N1. The quantitative estimate of drug-likeness (QED) is 0.642. The van der Waals surface area contributed by atoms with Crippen LogP contribution in [-0.2, 0) is 4.79 Å². The molecule has 1 fully saturated rings. The van der Waals surface area contributed by atoms with Crippen LogP contribution in [0.4, 0.5) is 4.79 Å². The molecule has 0 saturated carbocycles. The van der Waals surface area contributed by atoms with Crippen LogP contribution in [0.15, 0.2) is 0 Å². The molecule has 1 aliphatic rings. The molecule has 0 spiro atoms. The lowest BCUT2D eigenvalue weighted by molar-refractivity contribution is -0.124. The van der Waals surface area contributed by atoms with Crippen LogP contribution in [0.5, 0.6) is 0 Å². The number of amides is 2. The molecule has 2 amide bonds. The average Bonchev–Trinajstić information content (AvgIpc) is 2.50. The molecule has 5 nitrogen and oxygen atoms in total. The van der Waals surface area contributed by atoms with Gasteiger partial charge in [-0.2, -0.15) is 0 Å². The minimum atomic E-state index is -0.444. The molecule has 1 aliphatic heterocycles. The third-order valence-electron chi connectivity index (χ3n) is 2.19. The number of carbonyl (C=O) groups is 2. The van der Waals surface area contributed by atoms with E-state index in [0.29, 0.717) is 12.2 Å². The number of nitrogens with one attached hydrogen (secondary N) is 2.